The number of hydrogen-bond acceptors (Lipinski definition) is 4. The first-order valence-electron chi connectivity index (χ1n) is 7.52. The predicted molar refractivity (Wildman–Crippen MR) is 93.6 cm³/mol. The minimum absolute atomic E-state index is 0.225. The normalized spacial score (nSPS) is 11.0. The third-order valence-corrected chi connectivity index (χ3v) is 4.34. The summed E-state index contributed by atoms with van der Waals surface area (Å²) in [5.41, 5.74) is 2.55. The number of nitrogens with one attached hydrogen (secondary N) is 1. The quantitative estimate of drug-likeness (QED) is 0.524. The maximum atomic E-state index is 12.8. The zero-order chi connectivity index (χ0) is 17.4. The number of H-pyrrole nitrogens is 1. The van der Waals surface area contributed by atoms with Gasteiger partial charge in [0.1, 0.15) is 5.58 Å². The number of hydrogen-bond donors (Lipinski definition) is 1. The minimum atomic E-state index is -0.434. The maximum absolute atomic E-state index is 12.8. The highest BCUT2D eigenvalue weighted by atomic mass is 79.9. The van der Waals surface area contributed by atoms with E-state index in [4.69, 9.17) is 9.15 Å². The van der Waals surface area contributed by atoms with E-state index >= 15 is 0 Å². The molecular formula is C18H16BrNO4. The fourth-order valence-electron chi connectivity index (χ4n) is 2.74. The van der Waals surface area contributed by atoms with Gasteiger partial charge in [0, 0.05) is 15.6 Å². The smallest absolute Gasteiger partial charge is 0.340 e. The van der Waals surface area contributed by atoms with Crippen LogP contribution in [0.25, 0.3) is 11.0 Å². The number of esters is 1. The predicted octanol–water partition coefficient (Wildman–Crippen LogP) is 4.55. The highest BCUT2D eigenvalue weighted by Crippen LogP contribution is 2.27. The molecule has 124 valence electrons. The Bertz CT molecular complexity index is 951. The lowest BCUT2D eigenvalue weighted by molar-refractivity contribution is 0.0525. The molecule has 1 aromatic carbocycles. The van der Waals surface area contributed by atoms with E-state index < -0.39 is 5.97 Å². The number of carbonyl (C=O) groups is 2. The van der Waals surface area contributed by atoms with Crippen molar-refractivity contribution in [1.29, 1.82) is 0 Å². The molecule has 0 aliphatic heterocycles. The molecule has 0 aliphatic carbocycles. The molecule has 0 atom stereocenters. The number of furan rings is 1. The van der Waals surface area contributed by atoms with Crippen LogP contribution in [0.5, 0.6) is 0 Å². The molecule has 0 radical (unpaired) electrons. The Balaban J connectivity index is 2.03. The lowest BCUT2D eigenvalue weighted by atomic mass is 10.1. The second-order valence-corrected chi connectivity index (χ2v) is 6.38. The lowest BCUT2D eigenvalue weighted by Gasteiger charge is -2.02. The molecule has 2 heterocycles. The van der Waals surface area contributed by atoms with Crippen molar-refractivity contribution in [2.75, 3.05) is 6.61 Å². The van der Waals surface area contributed by atoms with E-state index in [-0.39, 0.29) is 18.2 Å². The van der Waals surface area contributed by atoms with Crippen LogP contribution < -0.4 is 0 Å². The number of fused-ring (bicyclic) bond motifs is 1. The number of halogens is 1. The molecule has 0 amide bonds. The van der Waals surface area contributed by atoms with Crippen molar-refractivity contribution in [2.45, 2.75) is 20.8 Å². The van der Waals surface area contributed by atoms with Crippen molar-refractivity contribution in [2.24, 2.45) is 0 Å². The van der Waals surface area contributed by atoms with Crippen molar-refractivity contribution in [1.82, 2.24) is 4.98 Å². The van der Waals surface area contributed by atoms with Crippen molar-refractivity contribution in [3.63, 3.8) is 0 Å². The Hall–Kier alpha value is -2.34. The summed E-state index contributed by atoms with van der Waals surface area (Å²) in [5.74, 6) is -0.502. The summed E-state index contributed by atoms with van der Waals surface area (Å²) in [7, 11) is 0. The fraction of sp³-hybridized carbons (Fsp3) is 0.222. The van der Waals surface area contributed by atoms with E-state index in [2.05, 4.69) is 20.9 Å². The van der Waals surface area contributed by atoms with E-state index in [1.807, 2.05) is 12.1 Å². The van der Waals surface area contributed by atoms with Gasteiger partial charge in [-0.3, -0.25) is 4.79 Å². The van der Waals surface area contributed by atoms with E-state index in [9.17, 15) is 9.59 Å². The van der Waals surface area contributed by atoms with Gasteiger partial charge in [-0.15, -0.1) is 0 Å². The van der Waals surface area contributed by atoms with Crippen LogP contribution in [0.1, 0.15) is 44.8 Å². The number of aromatic nitrogens is 1. The molecule has 6 heteroatoms. The van der Waals surface area contributed by atoms with Gasteiger partial charge in [-0.05, 0) is 50.6 Å². The van der Waals surface area contributed by atoms with Crippen molar-refractivity contribution in [3.05, 3.63) is 57.0 Å². The molecule has 1 N–H and O–H groups in total. The standard InChI is InChI=1S/C18H16BrNO4/c1-4-23-18(22)15-9(2)16(20-10(15)3)17(21)14-8-11-7-12(19)5-6-13(11)24-14/h5-8,20H,4H2,1-3H3. The summed E-state index contributed by atoms with van der Waals surface area (Å²) in [6.07, 6.45) is 0. The second-order valence-electron chi connectivity index (χ2n) is 5.47. The summed E-state index contributed by atoms with van der Waals surface area (Å²) in [4.78, 5) is 27.8. The van der Waals surface area contributed by atoms with E-state index in [0.717, 1.165) is 9.86 Å². The van der Waals surface area contributed by atoms with Gasteiger partial charge < -0.3 is 14.1 Å². The molecule has 3 aromatic rings. The van der Waals surface area contributed by atoms with Crippen molar-refractivity contribution in [3.8, 4) is 0 Å². The van der Waals surface area contributed by atoms with Crippen LogP contribution >= 0.6 is 15.9 Å². The average Bonchev–Trinajstić information content (AvgIpc) is 3.07. The fourth-order valence-corrected chi connectivity index (χ4v) is 3.11. The van der Waals surface area contributed by atoms with Crippen LogP contribution in [0, 0.1) is 13.8 Å². The van der Waals surface area contributed by atoms with Gasteiger partial charge in [-0.2, -0.15) is 0 Å². The van der Waals surface area contributed by atoms with Gasteiger partial charge in [-0.1, -0.05) is 15.9 Å². The number of carbonyl (C=O) groups excluding carboxylic acids is 2. The van der Waals surface area contributed by atoms with Gasteiger partial charge >= 0.3 is 5.97 Å². The third kappa shape index (κ3) is 2.78. The van der Waals surface area contributed by atoms with Crippen molar-refractivity contribution >= 4 is 38.7 Å². The Morgan fingerprint density at radius 1 is 1.25 bits per heavy atom. The summed E-state index contributed by atoms with van der Waals surface area (Å²) in [6.45, 7) is 5.49. The molecule has 0 unspecified atom stereocenters. The summed E-state index contributed by atoms with van der Waals surface area (Å²) >= 11 is 3.39. The van der Waals surface area contributed by atoms with Crippen LogP contribution in [0.4, 0.5) is 0 Å². The second kappa shape index (κ2) is 6.28. The first-order chi connectivity index (χ1) is 11.4. The van der Waals surface area contributed by atoms with Gasteiger partial charge in [0.05, 0.1) is 17.9 Å². The molecule has 0 bridgehead atoms. The van der Waals surface area contributed by atoms with Gasteiger partial charge in [0.25, 0.3) is 0 Å². The van der Waals surface area contributed by atoms with E-state index in [1.165, 1.54) is 0 Å². The Kier molecular flexibility index (Phi) is 4.32. The highest BCUT2D eigenvalue weighted by molar-refractivity contribution is 9.10. The molecule has 0 saturated carbocycles. The molecule has 2 aromatic heterocycles. The largest absolute Gasteiger partial charge is 0.462 e. The molecule has 0 aliphatic rings. The molecule has 24 heavy (non-hydrogen) atoms. The van der Waals surface area contributed by atoms with Gasteiger partial charge in [-0.25, -0.2) is 4.79 Å². The zero-order valence-corrected chi connectivity index (χ0v) is 15.1. The Morgan fingerprint density at radius 3 is 2.71 bits per heavy atom. The highest BCUT2D eigenvalue weighted by Gasteiger charge is 2.25. The summed E-state index contributed by atoms with van der Waals surface area (Å²) in [5, 5.41) is 0.833. The Labute approximate surface area is 147 Å². The van der Waals surface area contributed by atoms with Crippen molar-refractivity contribution < 1.29 is 18.7 Å². The summed E-state index contributed by atoms with van der Waals surface area (Å²) < 4.78 is 11.6. The number of aromatic amines is 1. The number of aryl methyl sites for hydroxylation is 1. The van der Waals surface area contributed by atoms with Crippen LogP contribution in [-0.2, 0) is 4.74 Å². The van der Waals surface area contributed by atoms with E-state index in [0.29, 0.717) is 28.1 Å². The number of benzene rings is 1. The maximum Gasteiger partial charge on any atom is 0.340 e. The SMILES string of the molecule is CCOC(=O)c1c(C)[nH]c(C(=O)c2cc3cc(Br)ccc3o2)c1C. The van der Waals surface area contributed by atoms with Gasteiger partial charge in [0.2, 0.25) is 5.78 Å². The first-order valence-corrected chi connectivity index (χ1v) is 8.31. The third-order valence-electron chi connectivity index (χ3n) is 3.85. The zero-order valence-electron chi connectivity index (χ0n) is 13.5. The summed E-state index contributed by atoms with van der Waals surface area (Å²) in [6, 6.07) is 7.23. The van der Waals surface area contributed by atoms with Crippen LogP contribution in [-0.4, -0.2) is 23.3 Å². The monoisotopic (exact) mass is 389 g/mol. The molecule has 0 spiro atoms. The topological polar surface area (TPSA) is 72.3 Å². The first kappa shape index (κ1) is 16.5. The van der Waals surface area contributed by atoms with Crippen LogP contribution in [0.15, 0.2) is 33.2 Å². The molecule has 0 saturated heterocycles. The minimum Gasteiger partial charge on any atom is -0.462 e. The molecule has 0 fully saturated rings. The van der Waals surface area contributed by atoms with Gasteiger partial charge in [0.15, 0.2) is 5.76 Å². The Morgan fingerprint density at radius 2 is 2.00 bits per heavy atom. The number of ether oxygens (including phenoxy) is 1. The number of rotatable bonds is 4. The molecule has 3 rings (SSSR count). The lowest BCUT2D eigenvalue weighted by Crippen LogP contribution is -2.07. The van der Waals surface area contributed by atoms with Crippen LogP contribution in [0.3, 0.4) is 0 Å². The number of ketones is 1. The average molecular weight is 390 g/mol. The molecule has 5 nitrogen and oxygen atoms in total. The van der Waals surface area contributed by atoms with E-state index in [1.54, 1.807) is 32.9 Å². The molecular weight excluding hydrogens is 374 g/mol. The van der Waals surface area contributed by atoms with Crippen LogP contribution in [0.2, 0.25) is 0 Å².